The molecule has 1 aromatic carbocycles. The van der Waals surface area contributed by atoms with E-state index in [0.717, 1.165) is 16.2 Å². The Kier molecular flexibility index (Phi) is 4.10. The number of Topliss-reactive ketones (excluding diaryl/α,β-unsaturated/α-hetero) is 1. The van der Waals surface area contributed by atoms with Gasteiger partial charge in [0.1, 0.15) is 5.75 Å². The summed E-state index contributed by atoms with van der Waals surface area (Å²) in [6, 6.07) is 9.56. The third kappa shape index (κ3) is 2.96. The number of ketones is 1. The minimum Gasteiger partial charge on any atom is -0.496 e. The molecular weight excluding hydrogens is 246 g/mol. The third-order valence-corrected chi connectivity index (χ3v) is 3.64. The maximum atomic E-state index is 12.0. The first-order valence-corrected chi connectivity index (χ1v) is 6.60. The molecule has 18 heavy (non-hydrogen) atoms. The van der Waals surface area contributed by atoms with E-state index < -0.39 is 0 Å². The highest BCUT2D eigenvalue weighted by Crippen LogP contribution is 2.29. The van der Waals surface area contributed by atoms with E-state index in [1.807, 2.05) is 54.3 Å². The molecule has 2 aromatic rings. The van der Waals surface area contributed by atoms with Crippen molar-refractivity contribution in [1.29, 1.82) is 0 Å². The van der Waals surface area contributed by atoms with E-state index in [-0.39, 0.29) is 5.78 Å². The second-order valence-electron chi connectivity index (χ2n) is 3.93. The van der Waals surface area contributed by atoms with Crippen molar-refractivity contribution in [2.75, 3.05) is 12.9 Å². The van der Waals surface area contributed by atoms with Crippen LogP contribution in [0.2, 0.25) is 0 Å². The van der Waals surface area contributed by atoms with Crippen LogP contribution in [0.4, 0.5) is 0 Å². The van der Waals surface area contributed by atoms with Crippen LogP contribution in [0.25, 0.3) is 0 Å². The quantitative estimate of drug-likeness (QED) is 0.612. The van der Waals surface area contributed by atoms with Crippen LogP contribution in [-0.2, 0) is 7.05 Å². The number of thioether (sulfide) groups is 1. The fraction of sp³-hybridized carbons (Fsp3) is 0.214. The number of carbonyl (C=O) groups excluding carboxylic acids is 1. The Bertz CT molecular complexity index is 548. The van der Waals surface area contributed by atoms with E-state index >= 15 is 0 Å². The van der Waals surface area contributed by atoms with Crippen LogP contribution in [0.1, 0.15) is 10.4 Å². The molecule has 1 heterocycles. The molecule has 1 aromatic heterocycles. The number of nitrogens with zero attached hydrogens (tertiary/aromatic N) is 1. The number of methoxy groups -OCH3 is 1. The van der Waals surface area contributed by atoms with Crippen LogP contribution in [0.15, 0.2) is 47.6 Å². The maximum absolute atomic E-state index is 12.0. The average molecular weight is 261 g/mol. The van der Waals surface area contributed by atoms with E-state index in [2.05, 4.69) is 0 Å². The van der Waals surface area contributed by atoms with Gasteiger partial charge in [-0.3, -0.25) is 4.79 Å². The summed E-state index contributed by atoms with van der Waals surface area (Å²) in [5, 5.41) is 0. The van der Waals surface area contributed by atoms with Gasteiger partial charge in [-0.25, -0.2) is 0 Å². The molecule has 0 radical (unpaired) electrons. The summed E-state index contributed by atoms with van der Waals surface area (Å²) < 4.78 is 7.13. The second kappa shape index (κ2) is 5.78. The molecule has 0 atom stereocenters. The molecule has 0 unspecified atom stereocenters. The van der Waals surface area contributed by atoms with Gasteiger partial charge in [0.15, 0.2) is 5.78 Å². The van der Waals surface area contributed by atoms with E-state index in [4.69, 9.17) is 4.74 Å². The standard InChI is InChI=1S/C14H15NO2S/c1-15-8-7-11(9-15)12(16)10-18-14-6-4-3-5-13(14)17-2/h3-9H,10H2,1-2H3. The lowest BCUT2D eigenvalue weighted by Gasteiger charge is -2.06. The molecule has 0 saturated heterocycles. The second-order valence-corrected chi connectivity index (χ2v) is 4.95. The van der Waals surface area contributed by atoms with Crippen LogP contribution >= 0.6 is 11.8 Å². The smallest absolute Gasteiger partial charge is 0.174 e. The van der Waals surface area contributed by atoms with Crippen LogP contribution < -0.4 is 4.74 Å². The molecule has 0 fully saturated rings. The number of para-hydroxylation sites is 1. The lowest BCUT2D eigenvalue weighted by molar-refractivity contribution is 0.102. The Morgan fingerprint density at radius 1 is 1.33 bits per heavy atom. The third-order valence-electron chi connectivity index (χ3n) is 2.58. The lowest BCUT2D eigenvalue weighted by Crippen LogP contribution is -2.01. The van der Waals surface area contributed by atoms with Gasteiger partial charge in [-0.2, -0.15) is 0 Å². The largest absolute Gasteiger partial charge is 0.496 e. The van der Waals surface area contributed by atoms with E-state index in [1.54, 1.807) is 7.11 Å². The zero-order valence-corrected chi connectivity index (χ0v) is 11.2. The Labute approximate surface area is 111 Å². The maximum Gasteiger partial charge on any atom is 0.174 e. The van der Waals surface area contributed by atoms with Crippen LogP contribution in [0, 0.1) is 0 Å². The van der Waals surface area contributed by atoms with E-state index in [1.165, 1.54) is 11.8 Å². The minimum absolute atomic E-state index is 0.131. The summed E-state index contributed by atoms with van der Waals surface area (Å²) in [7, 11) is 3.54. The molecule has 0 aliphatic heterocycles. The highest BCUT2D eigenvalue weighted by molar-refractivity contribution is 8.00. The lowest BCUT2D eigenvalue weighted by atomic mass is 10.2. The van der Waals surface area contributed by atoms with Gasteiger partial charge in [0.05, 0.1) is 12.9 Å². The molecular formula is C14H15NO2S. The number of rotatable bonds is 5. The Balaban J connectivity index is 2.01. The van der Waals surface area contributed by atoms with Gasteiger partial charge in [-0.05, 0) is 18.2 Å². The van der Waals surface area contributed by atoms with Gasteiger partial charge in [-0.1, -0.05) is 12.1 Å². The normalized spacial score (nSPS) is 10.3. The Morgan fingerprint density at radius 3 is 2.78 bits per heavy atom. The molecule has 4 heteroatoms. The monoisotopic (exact) mass is 261 g/mol. The van der Waals surface area contributed by atoms with Gasteiger partial charge in [0.25, 0.3) is 0 Å². The van der Waals surface area contributed by atoms with Crippen molar-refractivity contribution in [3.8, 4) is 5.75 Å². The van der Waals surface area contributed by atoms with Crippen LogP contribution in [0.3, 0.4) is 0 Å². The fourth-order valence-corrected chi connectivity index (χ4v) is 2.55. The van der Waals surface area contributed by atoms with E-state index in [0.29, 0.717) is 5.75 Å². The molecule has 3 nitrogen and oxygen atoms in total. The summed E-state index contributed by atoms with van der Waals surface area (Å²) in [6.45, 7) is 0. The van der Waals surface area contributed by atoms with Crippen LogP contribution in [0.5, 0.6) is 5.75 Å². The van der Waals surface area contributed by atoms with Crippen molar-refractivity contribution in [3.63, 3.8) is 0 Å². The minimum atomic E-state index is 0.131. The van der Waals surface area contributed by atoms with Crippen molar-refractivity contribution in [1.82, 2.24) is 4.57 Å². The first-order valence-electron chi connectivity index (χ1n) is 5.61. The summed E-state index contributed by atoms with van der Waals surface area (Å²) in [6.07, 6.45) is 3.71. The highest BCUT2D eigenvalue weighted by atomic mass is 32.2. The summed E-state index contributed by atoms with van der Waals surface area (Å²) in [4.78, 5) is 12.9. The zero-order chi connectivity index (χ0) is 13.0. The predicted octanol–water partition coefficient (Wildman–Crippen LogP) is 3.01. The highest BCUT2D eigenvalue weighted by Gasteiger charge is 2.09. The number of carbonyl (C=O) groups is 1. The van der Waals surface area contributed by atoms with Gasteiger partial charge in [0, 0.05) is 29.9 Å². The van der Waals surface area contributed by atoms with E-state index in [9.17, 15) is 4.79 Å². The SMILES string of the molecule is COc1ccccc1SCC(=O)c1ccn(C)c1. The van der Waals surface area contributed by atoms with Gasteiger partial charge < -0.3 is 9.30 Å². The zero-order valence-electron chi connectivity index (χ0n) is 10.4. The molecule has 94 valence electrons. The topological polar surface area (TPSA) is 31.2 Å². The summed E-state index contributed by atoms with van der Waals surface area (Å²) in [5.74, 6) is 1.36. The molecule has 0 aliphatic rings. The first kappa shape index (κ1) is 12.8. The molecule has 2 rings (SSSR count). The van der Waals surface area contributed by atoms with Crippen molar-refractivity contribution in [2.24, 2.45) is 7.05 Å². The predicted molar refractivity (Wildman–Crippen MR) is 73.5 cm³/mol. The Morgan fingerprint density at radius 2 is 2.11 bits per heavy atom. The Hall–Kier alpha value is -1.68. The molecule has 0 bridgehead atoms. The molecule has 0 saturated carbocycles. The first-order chi connectivity index (χ1) is 8.70. The number of benzene rings is 1. The van der Waals surface area contributed by atoms with Crippen molar-refractivity contribution < 1.29 is 9.53 Å². The number of hydrogen-bond donors (Lipinski definition) is 0. The van der Waals surface area contributed by atoms with Crippen molar-refractivity contribution in [2.45, 2.75) is 4.90 Å². The van der Waals surface area contributed by atoms with Crippen LogP contribution in [-0.4, -0.2) is 23.2 Å². The van der Waals surface area contributed by atoms with Crippen molar-refractivity contribution in [3.05, 3.63) is 48.3 Å². The molecule has 0 spiro atoms. The molecule has 0 aliphatic carbocycles. The van der Waals surface area contributed by atoms with Gasteiger partial charge >= 0.3 is 0 Å². The number of hydrogen-bond acceptors (Lipinski definition) is 3. The molecule has 0 amide bonds. The molecule has 0 N–H and O–H groups in total. The summed E-state index contributed by atoms with van der Waals surface area (Å²) in [5.41, 5.74) is 0.750. The van der Waals surface area contributed by atoms with Gasteiger partial charge in [0.2, 0.25) is 0 Å². The number of ether oxygens (including phenoxy) is 1. The van der Waals surface area contributed by atoms with Gasteiger partial charge in [-0.15, -0.1) is 11.8 Å². The number of aryl methyl sites for hydroxylation is 1. The fourth-order valence-electron chi connectivity index (χ4n) is 1.63. The summed E-state index contributed by atoms with van der Waals surface area (Å²) >= 11 is 1.50. The average Bonchev–Trinajstić information content (AvgIpc) is 2.83. The number of aromatic nitrogens is 1. The van der Waals surface area contributed by atoms with Crippen molar-refractivity contribution >= 4 is 17.5 Å².